The number of aromatic nitrogens is 2. The normalized spacial score (nSPS) is 13.5. The molecule has 1 aliphatic rings. The van der Waals surface area contributed by atoms with Crippen LogP contribution in [0.15, 0.2) is 30.6 Å². The highest BCUT2D eigenvalue weighted by molar-refractivity contribution is 7.17. The number of carbonyl (C=O) groups is 1. The van der Waals surface area contributed by atoms with Gasteiger partial charge in [0.15, 0.2) is 0 Å². The molecular formula is C23H23F3N4O3S. The van der Waals surface area contributed by atoms with E-state index < -0.39 is 22.6 Å². The molecule has 2 aromatic heterocycles. The minimum Gasteiger partial charge on any atom is -0.496 e. The van der Waals surface area contributed by atoms with Gasteiger partial charge in [-0.2, -0.15) is 13.2 Å². The van der Waals surface area contributed by atoms with Crippen LogP contribution < -0.4 is 15.0 Å². The topological polar surface area (TPSA) is 87.6 Å². The average molecular weight is 493 g/mol. The van der Waals surface area contributed by atoms with Crippen LogP contribution in [0, 0.1) is 0 Å². The minimum absolute atomic E-state index is 0.108. The fourth-order valence-corrected chi connectivity index (χ4v) is 5.15. The highest BCUT2D eigenvalue weighted by Gasteiger charge is 2.37. The van der Waals surface area contributed by atoms with Crippen molar-refractivity contribution in [3.05, 3.63) is 52.2 Å². The number of alkyl halides is 3. The molecule has 4 rings (SSSR count). The summed E-state index contributed by atoms with van der Waals surface area (Å²) in [7, 11) is 3.71. The van der Waals surface area contributed by atoms with Crippen LogP contribution in [-0.2, 0) is 19.0 Å². The number of rotatable bonds is 7. The molecule has 0 spiro atoms. The van der Waals surface area contributed by atoms with Gasteiger partial charge in [-0.25, -0.2) is 14.8 Å². The molecule has 0 atom stereocenters. The molecule has 0 radical (unpaired) electrons. The van der Waals surface area contributed by atoms with E-state index in [0.717, 1.165) is 36.8 Å². The largest absolute Gasteiger partial charge is 0.496 e. The number of thiophene rings is 1. The summed E-state index contributed by atoms with van der Waals surface area (Å²) in [5.41, 5.74) is 2.61. The van der Waals surface area contributed by atoms with E-state index in [4.69, 9.17) is 9.84 Å². The van der Waals surface area contributed by atoms with Crippen molar-refractivity contribution < 1.29 is 27.8 Å². The molecule has 180 valence electrons. The third-order valence-electron chi connectivity index (χ3n) is 5.75. The third-order valence-corrected chi connectivity index (χ3v) is 6.89. The predicted octanol–water partition coefficient (Wildman–Crippen LogP) is 4.97. The molecule has 0 saturated carbocycles. The smallest absolute Gasteiger partial charge is 0.418 e. The summed E-state index contributed by atoms with van der Waals surface area (Å²) in [4.78, 5) is 21.1. The molecule has 0 bridgehead atoms. The van der Waals surface area contributed by atoms with Gasteiger partial charge in [-0.1, -0.05) is 0 Å². The zero-order valence-corrected chi connectivity index (χ0v) is 19.4. The third kappa shape index (κ3) is 4.79. The number of carboxylic acid groups (broad SMARTS) is 1. The van der Waals surface area contributed by atoms with E-state index in [-0.39, 0.29) is 10.6 Å². The molecule has 11 heteroatoms. The maximum absolute atomic E-state index is 13.2. The van der Waals surface area contributed by atoms with Gasteiger partial charge in [0.2, 0.25) is 0 Å². The Labute approximate surface area is 198 Å². The summed E-state index contributed by atoms with van der Waals surface area (Å²) >= 11 is 0.539. The summed E-state index contributed by atoms with van der Waals surface area (Å²) in [6.07, 6.45) is -0.829. The molecule has 0 unspecified atom stereocenters. The molecule has 34 heavy (non-hydrogen) atoms. The van der Waals surface area contributed by atoms with Crippen molar-refractivity contribution in [2.45, 2.75) is 25.4 Å². The van der Waals surface area contributed by atoms with Crippen molar-refractivity contribution in [1.29, 1.82) is 0 Å². The molecule has 3 heterocycles. The Morgan fingerprint density at radius 1 is 1.29 bits per heavy atom. The minimum atomic E-state index is -4.77. The number of hydrogen-bond acceptors (Lipinski definition) is 7. The van der Waals surface area contributed by atoms with Gasteiger partial charge >= 0.3 is 12.1 Å². The summed E-state index contributed by atoms with van der Waals surface area (Å²) in [6, 6.07) is 6.37. The lowest BCUT2D eigenvalue weighted by molar-refractivity contribution is -0.137. The Morgan fingerprint density at radius 3 is 2.76 bits per heavy atom. The highest BCUT2D eigenvalue weighted by Crippen LogP contribution is 2.40. The number of benzene rings is 1. The fraction of sp³-hybridized carbons (Fsp3) is 0.348. The lowest BCUT2D eigenvalue weighted by Gasteiger charge is -2.30. The van der Waals surface area contributed by atoms with Gasteiger partial charge in [-0.15, -0.1) is 11.3 Å². The van der Waals surface area contributed by atoms with Gasteiger partial charge < -0.3 is 20.1 Å². The van der Waals surface area contributed by atoms with Crippen molar-refractivity contribution in [2.24, 2.45) is 0 Å². The van der Waals surface area contributed by atoms with Crippen LogP contribution in [0.3, 0.4) is 0 Å². The molecule has 0 amide bonds. The first-order valence-electron chi connectivity index (χ1n) is 10.6. The lowest BCUT2D eigenvalue weighted by atomic mass is 9.94. The molecule has 7 nitrogen and oxygen atoms in total. The zero-order valence-electron chi connectivity index (χ0n) is 18.6. The molecule has 1 aromatic carbocycles. The maximum atomic E-state index is 13.2. The van der Waals surface area contributed by atoms with Crippen LogP contribution in [0.2, 0.25) is 0 Å². The fourth-order valence-electron chi connectivity index (χ4n) is 4.17. The number of aromatic carboxylic acids is 1. The highest BCUT2D eigenvalue weighted by atomic mass is 32.1. The van der Waals surface area contributed by atoms with Crippen molar-refractivity contribution in [2.75, 3.05) is 37.5 Å². The van der Waals surface area contributed by atoms with Crippen molar-refractivity contribution in [3.8, 4) is 16.3 Å². The van der Waals surface area contributed by atoms with Crippen LogP contribution in [0.25, 0.3) is 10.6 Å². The van der Waals surface area contributed by atoms with E-state index in [9.17, 15) is 18.0 Å². The number of ether oxygens (including phenoxy) is 1. The van der Waals surface area contributed by atoms with E-state index in [1.54, 1.807) is 7.11 Å². The van der Waals surface area contributed by atoms with Gasteiger partial charge in [0.25, 0.3) is 0 Å². The first kappa shape index (κ1) is 23.8. The second kappa shape index (κ2) is 9.49. The number of hydrogen-bond donors (Lipinski definition) is 2. The van der Waals surface area contributed by atoms with Crippen molar-refractivity contribution in [1.82, 2.24) is 9.97 Å². The number of nitrogens with one attached hydrogen (secondary N) is 1. The summed E-state index contributed by atoms with van der Waals surface area (Å²) < 4.78 is 45.3. The van der Waals surface area contributed by atoms with Crippen LogP contribution in [0.4, 0.5) is 24.7 Å². The molecule has 3 aromatic rings. The molecule has 0 saturated heterocycles. The summed E-state index contributed by atoms with van der Waals surface area (Å²) in [6.45, 7) is 1.52. The average Bonchev–Trinajstić information content (AvgIpc) is 3.26. The van der Waals surface area contributed by atoms with E-state index in [1.165, 1.54) is 23.6 Å². The zero-order chi connectivity index (χ0) is 24.5. The van der Waals surface area contributed by atoms with E-state index in [2.05, 4.69) is 33.3 Å². The van der Waals surface area contributed by atoms with Crippen LogP contribution in [0.1, 0.15) is 32.8 Å². The molecule has 1 aliphatic heterocycles. The van der Waals surface area contributed by atoms with Gasteiger partial charge in [-0.05, 0) is 43.0 Å². The molecular weight excluding hydrogens is 469 g/mol. The van der Waals surface area contributed by atoms with E-state index in [1.807, 2.05) is 6.07 Å². The molecule has 0 aliphatic carbocycles. The van der Waals surface area contributed by atoms with Crippen molar-refractivity contribution >= 4 is 28.8 Å². The second-order valence-electron chi connectivity index (χ2n) is 7.89. The van der Waals surface area contributed by atoms with Crippen molar-refractivity contribution in [3.63, 3.8) is 0 Å². The summed E-state index contributed by atoms with van der Waals surface area (Å²) in [5.74, 6) is -0.370. The summed E-state index contributed by atoms with van der Waals surface area (Å²) in [5, 5.41) is 12.4. The van der Waals surface area contributed by atoms with E-state index in [0.29, 0.717) is 30.1 Å². The lowest BCUT2D eigenvalue weighted by Crippen LogP contribution is -2.26. The van der Waals surface area contributed by atoms with Gasteiger partial charge in [0, 0.05) is 37.5 Å². The maximum Gasteiger partial charge on any atom is 0.418 e. The van der Waals surface area contributed by atoms with Crippen LogP contribution >= 0.6 is 11.3 Å². The van der Waals surface area contributed by atoms with Gasteiger partial charge in [-0.3, -0.25) is 0 Å². The molecule has 0 fully saturated rings. The quantitative estimate of drug-likeness (QED) is 0.482. The number of methoxy groups -OCH3 is 1. The second-order valence-corrected chi connectivity index (χ2v) is 8.94. The number of halogens is 3. The Hall–Kier alpha value is -3.34. The number of fused-ring (bicyclic) bond motifs is 1. The van der Waals surface area contributed by atoms with Crippen LogP contribution in [-0.4, -0.2) is 48.3 Å². The Balaban J connectivity index is 1.53. The first-order chi connectivity index (χ1) is 16.2. The Kier molecular flexibility index (Phi) is 6.65. The molecule has 2 N–H and O–H groups in total. The van der Waals surface area contributed by atoms with Gasteiger partial charge in [0.05, 0.1) is 23.2 Å². The Morgan fingerprint density at radius 2 is 2.09 bits per heavy atom. The standard InChI is InChI=1S/C23H23F3N4O3S/c1-30-9-3-4-13-14(18(33-2)6-5-17(13)30)7-8-27-20-11-16(28-12-29-20)19-10-15(23(24,25)26)21(34-19)22(31)32/h5-6,10-12H,3-4,7-9H2,1-2H3,(H,31,32)(H,27,28,29). The number of carboxylic acids is 1. The SMILES string of the molecule is COc1ccc2c(c1CCNc1cc(-c3cc(C(F)(F)F)c(C(=O)O)s3)ncn1)CCCN2C. The first-order valence-corrected chi connectivity index (χ1v) is 11.4. The Bertz CT molecular complexity index is 1210. The monoisotopic (exact) mass is 492 g/mol. The van der Waals surface area contributed by atoms with Crippen LogP contribution in [0.5, 0.6) is 5.75 Å². The predicted molar refractivity (Wildman–Crippen MR) is 124 cm³/mol. The number of nitrogens with zero attached hydrogens (tertiary/aromatic N) is 3. The van der Waals surface area contributed by atoms with Gasteiger partial charge in [0.1, 0.15) is 22.8 Å². The van der Waals surface area contributed by atoms with E-state index >= 15 is 0 Å². The number of anilines is 2.